The van der Waals surface area contributed by atoms with E-state index in [4.69, 9.17) is 21.7 Å². The number of nitriles is 1. The maximum atomic E-state index is 14.4. The van der Waals surface area contributed by atoms with E-state index >= 15 is 0 Å². The summed E-state index contributed by atoms with van der Waals surface area (Å²) in [5.41, 5.74) is 1.35. The molecule has 0 atom stereocenters. The second-order valence-corrected chi connectivity index (χ2v) is 8.96. The van der Waals surface area contributed by atoms with Crippen LogP contribution in [0.2, 0.25) is 0 Å². The van der Waals surface area contributed by atoms with Crippen LogP contribution in [-0.2, 0) is 16.2 Å². The molecule has 0 saturated carbocycles. The first kappa shape index (κ1) is 26.0. The van der Waals surface area contributed by atoms with Gasteiger partial charge in [-0.3, -0.25) is 14.9 Å². The van der Waals surface area contributed by atoms with Crippen LogP contribution < -0.4 is 19.7 Å². The Morgan fingerprint density at radius 3 is 2.54 bits per heavy atom. The minimum atomic E-state index is -0.767. The lowest BCUT2D eigenvalue weighted by molar-refractivity contribution is -0.122. The number of anilines is 1. The Labute approximate surface area is 226 Å². The maximum Gasteiger partial charge on any atom is 0.270 e. The molecule has 7 nitrogen and oxygen atoms in total. The molecule has 0 aliphatic carbocycles. The van der Waals surface area contributed by atoms with Gasteiger partial charge in [-0.2, -0.15) is 5.26 Å². The number of rotatable bonds is 7. The molecule has 186 valence electrons. The highest BCUT2D eigenvalue weighted by atomic mass is 79.9. The van der Waals surface area contributed by atoms with Crippen molar-refractivity contribution in [3.8, 4) is 17.6 Å². The number of thiocarbonyl (C=S) groups is 1. The lowest BCUT2D eigenvalue weighted by atomic mass is 10.1. The van der Waals surface area contributed by atoms with Crippen molar-refractivity contribution in [2.45, 2.75) is 13.5 Å². The average molecular weight is 580 g/mol. The predicted molar refractivity (Wildman–Crippen MR) is 143 cm³/mol. The highest BCUT2D eigenvalue weighted by Crippen LogP contribution is 2.36. The third-order valence-electron chi connectivity index (χ3n) is 5.38. The highest BCUT2D eigenvalue weighted by molar-refractivity contribution is 9.10. The van der Waals surface area contributed by atoms with Crippen LogP contribution in [-0.4, -0.2) is 23.5 Å². The summed E-state index contributed by atoms with van der Waals surface area (Å²) in [5.74, 6) is -1.36. The number of amides is 2. The quantitative estimate of drug-likeness (QED) is 0.233. The molecular formula is C27H19BrFN3O4S. The summed E-state index contributed by atoms with van der Waals surface area (Å²) in [6.07, 6.45) is 1.37. The first-order chi connectivity index (χ1) is 17.8. The van der Waals surface area contributed by atoms with Gasteiger partial charge >= 0.3 is 0 Å². The van der Waals surface area contributed by atoms with Crippen LogP contribution in [0.3, 0.4) is 0 Å². The van der Waals surface area contributed by atoms with Gasteiger partial charge in [-0.1, -0.05) is 46.3 Å². The number of hydrogen-bond acceptors (Lipinski definition) is 6. The third kappa shape index (κ3) is 5.53. The fourth-order valence-electron chi connectivity index (χ4n) is 3.62. The second kappa shape index (κ2) is 11.3. The van der Waals surface area contributed by atoms with E-state index in [0.717, 1.165) is 4.90 Å². The number of nitrogens with zero attached hydrogens (tertiary/aromatic N) is 2. The molecule has 1 saturated heterocycles. The van der Waals surface area contributed by atoms with Crippen molar-refractivity contribution in [3.05, 3.63) is 93.2 Å². The van der Waals surface area contributed by atoms with E-state index in [1.165, 1.54) is 24.3 Å². The van der Waals surface area contributed by atoms with Crippen molar-refractivity contribution in [2.24, 2.45) is 0 Å². The molecule has 3 aromatic carbocycles. The Bertz CT molecular complexity index is 1480. The molecule has 0 aromatic heterocycles. The molecular weight excluding hydrogens is 561 g/mol. The number of carbonyl (C=O) groups excluding carboxylic acids is 2. The fraction of sp³-hybridized carbons (Fsp3) is 0.111. The summed E-state index contributed by atoms with van der Waals surface area (Å²) in [6.45, 7) is 2.27. The first-order valence-electron chi connectivity index (χ1n) is 11.1. The van der Waals surface area contributed by atoms with Crippen molar-refractivity contribution in [1.82, 2.24) is 5.32 Å². The van der Waals surface area contributed by atoms with Crippen LogP contribution in [0, 0.1) is 17.1 Å². The fourth-order valence-corrected chi connectivity index (χ4v) is 4.33. The molecule has 0 spiro atoms. The normalized spacial score (nSPS) is 14.4. The van der Waals surface area contributed by atoms with Crippen molar-refractivity contribution >= 4 is 56.8 Å². The van der Waals surface area contributed by atoms with Gasteiger partial charge < -0.3 is 9.47 Å². The smallest absolute Gasteiger partial charge is 0.270 e. The summed E-state index contributed by atoms with van der Waals surface area (Å²) in [7, 11) is 0. The van der Waals surface area contributed by atoms with E-state index in [9.17, 15) is 19.2 Å². The molecule has 1 aliphatic rings. The van der Waals surface area contributed by atoms with Crippen LogP contribution in [0.1, 0.15) is 23.6 Å². The Morgan fingerprint density at radius 1 is 1.11 bits per heavy atom. The van der Waals surface area contributed by atoms with E-state index in [-0.39, 0.29) is 23.0 Å². The zero-order valence-electron chi connectivity index (χ0n) is 19.5. The van der Waals surface area contributed by atoms with Gasteiger partial charge in [0.05, 0.1) is 23.9 Å². The first-order valence-corrected chi connectivity index (χ1v) is 12.3. The number of hydrogen-bond donors (Lipinski definition) is 1. The van der Waals surface area contributed by atoms with Crippen molar-refractivity contribution in [3.63, 3.8) is 0 Å². The molecule has 0 bridgehead atoms. The van der Waals surface area contributed by atoms with E-state index in [2.05, 4.69) is 27.3 Å². The van der Waals surface area contributed by atoms with Gasteiger partial charge in [0.2, 0.25) is 0 Å². The number of para-hydroxylation sites is 1. The van der Waals surface area contributed by atoms with Gasteiger partial charge in [0.15, 0.2) is 16.6 Å². The second-order valence-electron chi connectivity index (χ2n) is 7.72. The Balaban J connectivity index is 1.68. The molecule has 10 heteroatoms. The summed E-state index contributed by atoms with van der Waals surface area (Å²) in [6, 6.07) is 18.1. The van der Waals surface area contributed by atoms with Gasteiger partial charge in [-0.25, -0.2) is 9.29 Å². The zero-order chi connectivity index (χ0) is 26.5. The zero-order valence-corrected chi connectivity index (χ0v) is 21.9. The van der Waals surface area contributed by atoms with Gasteiger partial charge in [0.25, 0.3) is 11.8 Å². The SMILES string of the molecule is CCOc1cc(/C=C2\C(=O)NC(=S)N(c3ccccc3F)C2=O)c(Br)cc1OCc1ccccc1C#N. The molecule has 0 unspecified atom stereocenters. The Hall–Kier alpha value is -4.07. The van der Waals surface area contributed by atoms with Crippen LogP contribution in [0.4, 0.5) is 10.1 Å². The number of carbonyl (C=O) groups is 2. The molecule has 4 rings (SSSR count). The van der Waals surface area contributed by atoms with Crippen LogP contribution in [0.15, 0.2) is 70.7 Å². The number of benzene rings is 3. The minimum Gasteiger partial charge on any atom is -0.490 e. The summed E-state index contributed by atoms with van der Waals surface area (Å²) in [4.78, 5) is 26.9. The van der Waals surface area contributed by atoms with E-state index in [1.807, 2.05) is 6.07 Å². The van der Waals surface area contributed by atoms with Gasteiger partial charge in [-0.15, -0.1) is 0 Å². The Morgan fingerprint density at radius 2 is 1.81 bits per heavy atom. The molecule has 1 heterocycles. The lowest BCUT2D eigenvalue weighted by Crippen LogP contribution is -2.54. The molecule has 3 aromatic rings. The van der Waals surface area contributed by atoms with Crippen molar-refractivity contribution in [2.75, 3.05) is 11.5 Å². The summed E-state index contributed by atoms with van der Waals surface area (Å²) < 4.78 is 26.6. The predicted octanol–water partition coefficient (Wildman–Crippen LogP) is 5.27. The number of ether oxygens (including phenoxy) is 2. The molecule has 37 heavy (non-hydrogen) atoms. The molecule has 2 amide bonds. The van der Waals surface area contributed by atoms with E-state index in [1.54, 1.807) is 43.3 Å². The number of halogens is 2. The molecule has 1 fully saturated rings. The molecule has 1 aliphatic heterocycles. The van der Waals surface area contributed by atoms with Crippen LogP contribution in [0.25, 0.3) is 6.08 Å². The van der Waals surface area contributed by atoms with Gasteiger partial charge in [0, 0.05) is 10.0 Å². The molecule has 0 radical (unpaired) electrons. The monoisotopic (exact) mass is 579 g/mol. The van der Waals surface area contributed by atoms with Gasteiger partial charge in [-0.05, 0) is 61.1 Å². The largest absolute Gasteiger partial charge is 0.490 e. The highest BCUT2D eigenvalue weighted by Gasteiger charge is 2.35. The lowest BCUT2D eigenvalue weighted by Gasteiger charge is -2.29. The van der Waals surface area contributed by atoms with Crippen molar-refractivity contribution in [1.29, 1.82) is 5.26 Å². The third-order valence-corrected chi connectivity index (χ3v) is 6.35. The van der Waals surface area contributed by atoms with Gasteiger partial charge in [0.1, 0.15) is 18.0 Å². The average Bonchev–Trinajstić information content (AvgIpc) is 2.88. The van der Waals surface area contributed by atoms with Crippen LogP contribution in [0.5, 0.6) is 11.5 Å². The molecule has 1 N–H and O–H groups in total. The standard InChI is InChI=1S/C27H19BrFN3O4S/c1-2-35-23-12-18(20(28)13-24(23)36-15-17-8-4-3-7-16(17)14-30)11-19-25(33)31-27(37)32(26(19)34)22-10-6-5-9-21(22)29/h3-13H,2,15H2,1H3,(H,31,33,37)/b19-11+. The van der Waals surface area contributed by atoms with Crippen LogP contribution >= 0.6 is 28.1 Å². The van der Waals surface area contributed by atoms with E-state index < -0.39 is 17.6 Å². The summed E-state index contributed by atoms with van der Waals surface area (Å²) in [5, 5.41) is 11.5. The Kier molecular flexibility index (Phi) is 7.96. The van der Waals surface area contributed by atoms with Crippen molar-refractivity contribution < 1.29 is 23.5 Å². The van der Waals surface area contributed by atoms with E-state index in [0.29, 0.717) is 39.3 Å². The topological polar surface area (TPSA) is 91.7 Å². The summed E-state index contributed by atoms with van der Waals surface area (Å²) >= 11 is 8.60. The maximum absolute atomic E-state index is 14.4. The number of nitrogens with one attached hydrogen (secondary N) is 1. The minimum absolute atomic E-state index is 0.0705.